The minimum Gasteiger partial charge on any atom is -0.391 e. The summed E-state index contributed by atoms with van der Waals surface area (Å²) in [6, 6.07) is 5.66. The van der Waals surface area contributed by atoms with Crippen molar-refractivity contribution in [1.29, 1.82) is 0 Å². The van der Waals surface area contributed by atoms with E-state index < -0.39 is 0 Å². The van der Waals surface area contributed by atoms with Crippen LogP contribution in [0.4, 0.5) is 0 Å². The minimum atomic E-state index is 0.0197. The van der Waals surface area contributed by atoms with Crippen LogP contribution in [0.15, 0.2) is 28.9 Å². The van der Waals surface area contributed by atoms with Gasteiger partial charge in [0.2, 0.25) is 0 Å². The highest BCUT2D eigenvalue weighted by atomic mass is 79.9. The summed E-state index contributed by atoms with van der Waals surface area (Å²) in [7, 11) is 0. The minimum absolute atomic E-state index is 0.0197. The monoisotopic (exact) mass is 303 g/mol. The van der Waals surface area contributed by atoms with Gasteiger partial charge in [0.1, 0.15) is 5.01 Å². The van der Waals surface area contributed by atoms with E-state index in [1.165, 1.54) is 11.3 Å². The summed E-state index contributed by atoms with van der Waals surface area (Å²) < 4.78 is 0.940. The number of aromatic nitrogens is 1. The van der Waals surface area contributed by atoms with E-state index in [1.54, 1.807) is 6.20 Å². The van der Waals surface area contributed by atoms with E-state index in [-0.39, 0.29) is 6.61 Å². The summed E-state index contributed by atoms with van der Waals surface area (Å²) in [4.78, 5) is 5.04. The molecule has 1 N–H and O–H groups in total. The molecule has 0 bridgehead atoms. The molecule has 2 rings (SSSR count). The van der Waals surface area contributed by atoms with Crippen molar-refractivity contribution in [2.75, 3.05) is 0 Å². The van der Waals surface area contributed by atoms with E-state index in [2.05, 4.69) is 20.9 Å². The summed E-state index contributed by atoms with van der Waals surface area (Å²) in [6.45, 7) is 0.0197. The first kappa shape index (κ1) is 11.1. The Labute approximate surface area is 105 Å². The van der Waals surface area contributed by atoms with Crippen molar-refractivity contribution in [2.45, 2.75) is 6.61 Å². The molecule has 1 aromatic carbocycles. The van der Waals surface area contributed by atoms with E-state index in [0.29, 0.717) is 5.02 Å². The highest BCUT2D eigenvalue weighted by Crippen LogP contribution is 2.32. The number of hydrogen-bond donors (Lipinski definition) is 1. The number of hydrogen-bond acceptors (Lipinski definition) is 3. The predicted octanol–water partition coefficient (Wildman–Crippen LogP) is 3.72. The molecule has 1 heterocycles. The van der Waals surface area contributed by atoms with E-state index in [1.807, 2.05) is 18.2 Å². The van der Waals surface area contributed by atoms with Crippen LogP contribution in [0.2, 0.25) is 5.02 Å². The number of halogens is 2. The zero-order valence-electron chi connectivity index (χ0n) is 7.58. The van der Waals surface area contributed by atoms with E-state index in [4.69, 9.17) is 16.7 Å². The maximum atomic E-state index is 8.94. The molecule has 0 atom stereocenters. The van der Waals surface area contributed by atoms with Gasteiger partial charge in [-0.25, -0.2) is 4.98 Å². The Kier molecular flexibility index (Phi) is 3.41. The fourth-order valence-electron chi connectivity index (χ4n) is 1.17. The highest BCUT2D eigenvalue weighted by Gasteiger charge is 2.08. The molecule has 0 fully saturated rings. The van der Waals surface area contributed by atoms with Gasteiger partial charge in [-0.2, -0.15) is 0 Å². The van der Waals surface area contributed by atoms with Gasteiger partial charge in [0.25, 0.3) is 0 Å². The molecule has 2 aromatic rings. The second-order valence-electron chi connectivity index (χ2n) is 2.91. The van der Waals surface area contributed by atoms with Crippen molar-refractivity contribution in [3.63, 3.8) is 0 Å². The van der Waals surface area contributed by atoms with E-state index in [9.17, 15) is 0 Å². The van der Waals surface area contributed by atoms with Crippen LogP contribution in [0.1, 0.15) is 4.88 Å². The third-order valence-electron chi connectivity index (χ3n) is 1.87. The topological polar surface area (TPSA) is 33.1 Å². The zero-order valence-corrected chi connectivity index (χ0v) is 10.7. The molecule has 0 aliphatic rings. The number of benzene rings is 1. The first-order chi connectivity index (χ1) is 7.20. The highest BCUT2D eigenvalue weighted by molar-refractivity contribution is 9.10. The SMILES string of the molecule is OCc1cnc(-c2ccc(Br)cc2Cl)s1. The van der Waals surface area contributed by atoms with Crippen LogP contribution in [-0.4, -0.2) is 10.1 Å². The number of aliphatic hydroxyl groups is 1. The second-order valence-corrected chi connectivity index (χ2v) is 5.35. The van der Waals surface area contributed by atoms with Gasteiger partial charge in [-0.15, -0.1) is 11.3 Å². The number of nitrogens with zero attached hydrogens (tertiary/aromatic N) is 1. The van der Waals surface area contributed by atoms with Gasteiger partial charge in [0, 0.05) is 16.2 Å². The molecule has 1 aromatic heterocycles. The molecule has 2 nitrogen and oxygen atoms in total. The molecule has 5 heteroatoms. The Balaban J connectivity index is 2.44. The molecule has 0 saturated heterocycles. The standard InChI is InChI=1S/C10H7BrClNOS/c11-6-1-2-8(9(12)3-6)10-13-4-7(5-14)15-10/h1-4,14H,5H2. The molecule has 0 aliphatic carbocycles. The van der Waals surface area contributed by atoms with Crippen molar-refractivity contribution < 1.29 is 5.11 Å². The summed E-state index contributed by atoms with van der Waals surface area (Å²) in [5, 5.41) is 10.4. The first-order valence-electron chi connectivity index (χ1n) is 4.21. The number of thiazole rings is 1. The number of aliphatic hydroxyl groups excluding tert-OH is 1. The van der Waals surface area contributed by atoms with Crippen LogP contribution in [0.25, 0.3) is 10.6 Å². The van der Waals surface area contributed by atoms with Gasteiger partial charge in [0.15, 0.2) is 0 Å². The van der Waals surface area contributed by atoms with E-state index >= 15 is 0 Å². The quantitative estimate of drug-likeness (QED) is 0.917. The maximum Gasteiger partial charge on any atom is 0.125 e. The van der Waals surface area contributed by atoms with Crippen LogP contribution < -0.4 is 0 Å². The average Bonchev–Trinajstić information content (AvgIpc) is 2.66. The fraction of sp³-hybridized carbons (Fsp3) is 0.100. The second kappa shape index (κ2) is 4.61. The van der Waals surface area contributed by atoms with Crippen LogP contribution >= 0.6 is 38.9 Å². The molecular formula is C10H7BrClNOS. The third kappa shape index (κ3) is 2.39. The fourth-order valence-corrected chi connectivity index (χ4v) is 2.80. The van der Waals surface area contributed by atoms with Gasteiger partial charge < -0.3 is 5.11 Å². The van der Waals surface area contributed by atoms with Gasteiger partial charge in [0.05, 0.1) is 16.5 Å². The molecule has 0 spiro atoms. The van der Waals surface area contributed by atoms with Crippen LogP contribution in [0.3, 0.4) is 0 Å². The average molecular weight is 305 g/mol. The summed E-state index contributed by atoms with van der Waals surface area (Å²) in [5.41, 5.74) is 0.893. The Hall–Kier alpha value is -0.420. The molecule has 0 unspecified atom stereocenters. The van der Waals surface area contributed by atoms with E-state index in [0.717, 1.165) is 19.9 Å². The molecule has 78 valence electrons. The Morgan fingerprint density at radius 1 is 1.47 bits per heavy atom. The van der Waals surface area contributed by atoms with Crippen molar-refractivity contribution in [2.24, 2.45) is 0 Å². The normalized spacial score (nSPS) is 10.6. The Morgan fingerprint density at radius 2 is 2.27 bits per heavy atom. The lowest BCUT2D eigenvalue weighted by Crippen LogP contribution is -1.77. The van der Waals surface area contributed by atoms with Crippen LogP contribution in [0.5, 0.6) is 0 Å². The lowest BCUT2D eigenvalue weighted by atomic mass is 10.2. The third-order valence-corrected chi connectivity index (χ3v) is 3.69. The Bertz CT molecular complexity index is 486. The van der Waals surface area contributed by atoms with Crippen molar-refractivity contribution in [3.05, 3.63) is 38.8 Å². The summed E-state index contributed by atoms with van der Waals surface area (Å²) in [6.07, 6.45) is 1.67. The smallest absolute Gasteiger partial charge is 0.125 e. The van der Waals surface area contributed by atoms with Crippen LogP contribution in [0, 0.1) is 0 Å². The molecule has 0 saturated carbocycles. The summed E-state index contributed by atoms with van der Waals surface area (Å²) >= 11 is 10.9. The lowest BCUT2D eigenvalue weighted by molar-refractivity contribution is 0.285. The lowest BCUT2D eigenvalue weighted by Gasteiger charge is -2.00. The largest absolute Gasteiger partial charge is 0.391 e. The van der Waals surface area contributed by atoms with Gasteiger partial charge in [-0.3, -0.25) is 0 Å². The van der Waals surface area contributed by atoms with Crippen molar-refractivity contribution >= 4 is 38.9 Å². The molecule has 0 radical (unpaired) electrons. The maximum absolute atomic E-state index is 8.94. The summed E-state index contributed by atoms with van der Waals surface area (Å²) in [5.74, 6) is 0. The van der Waals surface area contributed by atoms with Gasteiger partial charge in [-0.05, 0) is 18.2 Å². The zero-order chi connectivity index (χ0) is 10.8. The number of rotatable bonds is 2. The molecule has 0 amide bonds. The molecular weight excluding hydrogens is 298 g/mol. The molecule has 0 aliphatic heterocycles. The van der Waals surface area contributed by atoms with Crippen molar-refractivity contribution in [1.82, 2.24) is 4.98 Å². The van der Waals surface area contributed by atoms with Gasteiger partial charge in [-0.1, -0.05) is 27.5 Å². The Morgan fingerprint density at radius 3 is 2.87 bits per heavy atom. The first-order valence-corrected chi connectivity index (χ1v) is 6.20. The van der Waals surface area contributed by atoms with Gasteiger partial charge >= 0.3 is 0 Å². The molecule has 15 heavy (non-hydrogen) atoms. The van der Waals surface area contributed by atoms with Crippen LogP contribution in [-0.2, 0) is 6.61 Å². The van der Waals surface area contributed by atoms with Crippen molar-refractivity contribution in [3.8, 4) is 10.6 Å². The predicted molar refractivity (Wildman–Crippen MR) is 66.2 cm³/mol.